The SMILES string of the molecule is CC(=O)CCCC(C)C1CCC2C3CC=C4CC(C)CCC4(C)C3CCC12C. The lowest BCUT2D eigenvalue weighted by Gasteiger charge is -2.58. The molecule has 0 spiro atoms. The normalized spacial score (nSPS) is 46.2. The summed E-state index contributed by atoms with van der Waals surface area (Å²) in [5.41, 5.74) is 2.91. The van der Waals surface area contributed by atoms with E-state index in [1.807, 2.05) is 5.57 Å². The Morgan fingerprint density at radius 3 is 2.68 bits per heavy atom. The molecule has 0 aromatic carbocycles. The summed E-state index contributed by atoms with van der Waals surface area (Å²) in [6.07, 6.45) is 17.3. The fourth-order valence-corrected chi connectivity index (χ4v) is 8.69. The first-order valence-electron chi connectivity index (χ1n) is 12.4. The second-order valence-corrected chi connectivity index (χ2v) is 11.9. The zero-order chi connectivity index (χ0) is 20.1. The number of carbonyl (C=O) groups is 1. The molecule has 0 bridgehead atoms. The van der Waals surface area contributed by atoms with E-state index >= 15 is 0 Å². The van der Waals surface area contributed by atoms with E-state index in [1.165, 1.54) is 57.8 Å². The molecule has 0 aliphatic heterocycles. The largest absolute Gasteiger partial charge is 0.300 e. The summed E-state index contributed by atoms with van der Waals surface area (Å²) in [6, 6.07) is 0. The Bertz CT molecular complexity index is 632. The molecule has 0 aromatic rings. The molecular formula is C27H44O. The molecule has 0 heterocycles. The highest BCUT2D eigenvalue weighted by atomic mass is 16.1. The van der Waals surface area contributed by atoms with Gasteiger partial charge in [-0.05, 0) is 111 Å². The van der Waals surface area contributed by atoms with Gasteiger partial charge in [0.2, 0.25) is 0 Å². The average molecular weight is 385 g/mol. The van der Waals surface area contributed by atoms with Crippen LogP contribution in [0.2, 0.25) is 0 Å². The summed E-state index contributed by atoms with van der Waals surface area (Å²) < 4.78 is 0. The molecule has 0 N–H and O–H groups in total. The summed E-state index contributed by atoms with van der Waals surface area (Å²) >= 11 is 0. The molecule has 4 aliphatic rings. The molecule has 28 heavy (non-hydrogen) atoms. The maximum atomic E-state index is 11.4. The van der Waals surface area contributed by atoms with E-state index in [1.54, 1.807) is 6.92 Å². The molecule has 4 aliphatic carbocycles. The molecular weight excluding hydrogens is 340 g/mol. The van der Waals surface area contributed by atoms with Crippen LogP contribution in [-0.2, 0) is 4.79 Å². The smallest absolute Gasteiger partial charge is 0.129 e. The molecule has 8 atom stereocenters. The molecule has 4 rings (SSSR count). The third-order valence-electron chi connectivity index (χ3n) is 10.3. The number of Topliss-reactive ketones (excluding diaryl/α,β-unsaturated/α-hetero) is 1. The predicted molar refractivity (Wildman–Crippen MR) is 118 cm³/mol. The number of rotatable bonds is 5. The van der Waals surface area contributed by atoms with Gasteiger partial charge in [-0.3, -0.25) is 0 Å². The molecule has 3 fully saturated rings. The number of hydrogen-bond donors (Lipinski definition) is 0. The molecule has 0 saturated heterocycles. The monoisotopic (exact) mass is 384 g/mol. The molecule has 8 unspecified atom stereocenters. The number of carbonyl (C=O) groups excluding carboxylic acids is 1. The van der Waals surface area contributed by atoms with Crippen LogP contribution in [-0.4, -0.2) is 5.78 Å². The summed E-state index contributed by atoms with van der Waals surface area (Å²) in [7, 11) is 0. The van der Waals surface area contributed by atoms with Crippen molar-refractivity contribution in [2.75, 3.05) is 0 Å². The lowest BCUT2D eigenvalue weighted by atomic mass is 9.46. The number of fused-ring (bicyclic) bond motifs is 5. The Labute approximate surface area is 174 Å². The first-order chi connectivity index (χ1) is 13.3. The van der Waals surface area contributed by atoms with Gasteiger partial charge in [0.25, 0.3) is 0 Å². The highest BCUT2D eigenvalue weighted by molar-refractivity contribution is 5.75. The highest BCUT2D eigenvalue weighted by Gasteiger charge is 2.58. The second-order valence-electron chi connectivity index (χ2n) is 11.9. The third-order valence-corrected chi connectivity index (χ3v) is 10.3. The Hall–Kier alpha value is -0.590. The maximum absolute atomic E-state index is 11.4. The van der Waals surface area contributed by atoms with Crippen LogP contribution < -0.4 is 0 Å². The van der Waals surface area contributed by atoms with Gasteiger partial charge in [0, 0.05) is 6.42 Å². The summed E-state index contributed by atoms with van der Waals surface area (Å²) in [5, 5.41) is 0. The molecule has 3 saturated carbocycles. The topological polar surface area (TPSA) is 17.1 Å². The minimum atomic E-state index is 0.364. The zero-order valence-electron chi connectivity index (χ0n) is 19.2. The first kappa shape index (κ1) is 20.7. The van der Waals surface area contributed by atoms with Gasteiger partial charge >= 0.3 is 0 Å². The van der Waals surface area contributed by atoms with E-state index in [-0.39, 0.29) is 0 Å². The quantitative estimate of drug-likeness (QED) is 0.446. The van der Waals surface area contributed by atoms with Gasteiger partial charge in [0.1, 0.15) is 5.78 Å². The minimum Gasteiger partial charge on any atom is -0.300 e. The summed E-state index contributed by atoms with van der Waals surface area (Å²) in [4.78, 5) is 11.4. The van der Waals surface area contributed by atoms with Gasteiger partial charge in [-0.2, -0.15) is 0 Å². The molecule has 158 valence electrons. The Kier molecular flexibility index (Phi) is 5.60. The highest BCUT2D eigenvalue weighted by Crippen LogP contribution is 2.67. The number of hydrogen-bond acceptors (Lipinski definition) is 1. The average Bonchev–Trinajstić information content (AvgIpc) is 2.99. The molecule has 1 nitrogen and oxygen atoms in total. The van der Waals surface area contributed by atoms with E-state index in [9.17, 15) is 4.79 Å². The van der Waals surface area contributed by atoms with Crippen molar-refractivity contribution >= 4 is 5.78 Å². The van der Waals surface area contributed by atoms with Gasteiger partial charge in [-0.15, -0.1) is 0 Å². The van der Waals surface area contributed by atoms with Crippen molar-refractivity contribution < 1.29 is 4.79 Å². The van der Waals surface area contributed by atoms with E-state index in [2.05, 4.69) is 33.8 Å². The van der Waals surface area contributed by atoms with Crippen LogP contribution >= 0.6 is 0 Å². The van der Waals surface area contributed by atoms with Crippen LogP contribution in [0.3, 0.4) is 0 Å². The van der Waals surface area contributed by atoms with Crippen LogP contribution in [0.5, 0.6) is 0 Å². The maximum Gasteiger partial charge on any atom is 0.129 e. The number of allylic oxidation sites excluding steroid dienone is 2. The second kappa shape index (κ2) is 7.59. The van der Waals surface area contributed by atoms with E-state index in [0.29, 0.717) is 16.6 Å². The lowest BCUT2D eigenvalue weighted by molar-refractivity contribution is -0.117. The molecule has 0 aromatic heterocycles. The molecule has 0 amide bonds. The van der Waals surface area contributed by atoms with Crippen molar-refractivity contribution in [1.29, 1.82) is 0 Å². The van der Waals surface area contributed by atoms with Crippen LogP contribution in [0.1, 0.15) is 105 Å². The predicted octanol–water partition coefficient (Wildman–Crippen LogP) is 7.60. The van der Waals surface area contributed by atoms with E-state index < -0.39 is 0 Å². The summed E-state index contributed by atoms with van der Waals surface area (Å²) in [5.74, 6) is 5.77. The molecule has 0 radical (unpaired) electrons. The van der Waals surface area contributed by atoms with Crippen LogP contribution in [0.25, 0.3) is 0 Å². The third kappa shape index (κ3) is 3.33. The van der Waals surface area contributed by atoms with Crippen LogP contribution in [0, 0.1) is 46.3 Å². The van der Waals surface area contributed by atoms with E-state index in [0.717, 1.165) is 48.3 Å². The summed E-state index contributed by atoms with van der Waals surface area (Å²) in [6.45, 7) is 12.0. The number of ketones is 1. The van der Waals surface area contributed by atoms with Crippen molar-refractivity contribution in [3.8, 4) is 0 Å². The Morgan fingerprint density at radius 1 is 1.14 bits per heavy atom. The van der Waals surface area contributed by atoms with Crippen molar-refractivity contribution in [3.05, 3.63) is 11.6 Å². The first-order valence-corrected chi connectivity index (χ1v) is 12.4. The van der Waals surface area contributed by atoms with Crippen molar-refractivity contribution in [3.63, 3.8) is 0 Å². The standard InChI is InChI=1S/C27H44O/c1-18-13-15-26(4)21(17-18)9-10-22-24-12-11-23(19(2)7-6-8-20(3)28)27(24,5)16-14-25(22)26/h9,18-19,22-25H,6-8,10-17H2,1-5H3. The zero-order valence-corrected chi connectivity index (χ0v) is 19.2. The van der Waals surface area contributed by atoms with Crippen molar-refractivity contribution in [2.24, 2.45) is 46.3 Å². The van der Waals surface area contributed by atoms with Crippen molar-refractivity contribution in [1.82, 2.24) is 0 Å². The van der Waals surface area contributed by atoms with E-state index in [4.69, 9.17) is 0 Å². The molecule has 1 heteroatoms. The van der Waals surface area contributed by atoms with Gasteiger partial charge in [-0.25, -0.2) is 0 Å². The van der Waals surface area contributed by atoms with Gasteiger partial charge < -0.3 is 4.79 Å². The minimum absolute atomic E-state index is 0.364. The van der Waals surface area contributed by atoms with Gasteiger partial charge in [0.05, 0.1) is 0 Å². The fourth-order valence-electron chi connectivity index (χ4n) is 8.69. The van der Waals surface area contributed by atoms with Crippen LogP contribution in [0.4, 0.5) is 0 Å². The van der Waals surface area contributed by atoms with Crippen molar-refractivity contribution in [2.45, 2.75) is 105 Å². The lowest BCUT2D eigenvalue weighted by Crippen LogP contribution is -2.50. The van der Waals surface area contributed by atoms with Gasteiger partial charge in [0.15, 0.2) is 0 Å². The fraction of sp³-hybridized carbons (Fsp3) is 0.889. The van der Waals surface area contributed by atoms with Crippen LogP contribution in [0.15, 0.2) is 11.6 Å². The Balaban J connectivity index is 1.50. The Morgan fingerprint density at radius 2 is 1.93 bits per heavy atom. The van der Waals surface area contributed by atoms with Gasteiger partial charge in [-0.1, -0.05) is 45.8 Å².